The summed E-state index contributed by atoms with van der Waals surface area (Å²) in [6, 6.07) is 9.59. The van der Waals surface area contributed by atoms with Crippen molar-refractivity contribution in [3.63, 3.8) is 0 Å². The molecule has 23 heavy (non-hydrogen) atoms. The molecule has 1 aromatic heterocycles. The van der Waals surface area contributed by atoms with Crippen LogP contribution in [0.5, 0.6) is 0 Å². The van der Waals surface area contributed by atoms with Crippen molar-refractivity contribution in [1.29, 1.82) is 0 Å². The van der Waals surface area contributed by atoms with Crippen LogP contribution in [-0.4, -0.2) is 21.6 Å². The molecule has 1 unspecified atom stereocenters. The Morgan fingerprint density at radius 1 is 1.39 bits per heavy atom. The van der Waals surface area contributed by atoms with E-state index in [2.05, 4.69) is 15.7 Å². The summed E-state index contributed by atoms with van der Waals surface area (Å²) in [6.45, 7) is 1.85. The Kier molecular flexibility index (Phi) is 3.97. The minimum absolute atomic E-state index is 0.0256. The number of benzene rings is 1. The smallest absolute Gasteiger partial charge is 0.249 e. The van der Waals surface area contributed by atoms with Gasteiger partial charge in [0.15, 0.2) is 5.82 Å². The molecule has 1 aliphatic heterocycles. The molecule has 2 aromatic rings. The van der Waals surface area contributed by atoms with Crippen molar-refractivity contribution < 1.29 is 9.59 Å². The van der Waals surface area contributed by atoms with Gasteiger partial charge in [0.2, 0.25) is 11.8 Å². The van der Waals surface area contributed by atoms with E-state index in [4.69, 9.17) is 0 Å². The second-order valence-electron chi connectivity index (χ2n) is 5.63. The Labute approximate surface area is 134 Å². The predicted molar refractivity (Wildman–Crippen MR) is 88.8 cm³/mol. The lowest BCUT2D eigenvalue weighted by molar-refractivity contribution is -0.119. The summed E-state index contributed by atoms with van der Waals surface area (Å²) in [5.41, 5.74) is 1.81. The standard InChI is InChI=1S/C17H18N4O2/c1-11-10-13-15(20-21(2)16(13)19-17(11)23)18-14(22)9-8-12-6-4-3-5-7-12/h3-9,11H,10H2,1-2H3,(H,19,23)(H,18,20,22). The van der Waals surface area contributed by atoms with Crippen LogP contribution in [0.1, 0.15) is 18.1 Å². The van der Waals surface area contributed by atoms with Crippen LogP contribution in [0.2, 0.25) is 0 Å². The van der Waals surface area contributed by atoms with Crippen molar-refractivity contribution in [3.8, 4) is 0 Å². The minimum atomic E-state index is -0.251. The van der Waals surface area contributed by atoms with E-state index in [-0.39, 0.29) is 17.7 Å². The minimum Gasteiger partial charge on any atom is -0.310 e. The molecule has 0 radical (unpaired) electrons. The van der Waals surface area contributed by atoms with Gasteiger partial charge >= 0.3 is 0 Å². The molecule has 6 nitrogen and oxygen atoms in total. The highest BCUT2D eigenvalue weighted by atomic mass is 16.2. The van der Waals surface area contributed by atoms with E-state index in [1.165, 1.54) is 6.08 Å². The number of hydrogen-bond donors (Lipinski definition) is 2. The first-order chi connectivity index (χ1) is 11.0. The molecule has 0 spiro atoms. The molecule has 1 aliphatic rings. The van der Waals surface area contributed by atoms with E-state index < -0.39 is 0 Å². The number of rotatable bonds is 3. The fourth-order valence-corrected chi connectivity index (χ4v) is 2.55. The summed E-state index contributed by atoms with van der Waals surface area (Å²) in [5.74, 6) is 0.733. The molecule has 3 rings (SSSR count). The van der Waals surface area contributed by atoms with E-state index in [0.717, 1.165) is 11.1 Å². The van der Waals surface area contributed by atoms with Crippen LogP contribution in [-0.2, 0) is 23.1 Å². The molecule has 1 atom stereocenters. The maximum Gasteiger partial charge on any atom is 0.249 e. The van der Waals surface area contributed by atoms with Gasteiger partial charge in [-0.3, -0.25) is 14.3 Å². The molecule has 2 amide bonds. The third-order valence-corrected chi connectivity index (χ3v) is 3.81. The van der Waals surface area contributed by atoms with Gasteiger partial charge in [-0.2, -0.15) is 5.10 Å². The van der Waals surface area contributed by atoms with E-state index in [1.807, 2.05) is 37.3 Å². The highest BCUT2D eigenvalue weighted by molar-refractivity contribution is 6.03. The number of aromatic nitrogens is 2. The van der Waals surface area contributed by atoms with Crippen LogP contribution in [0.25, 0.3) is 6.08 Å². The van der Waals surface area contributed by atoms with Crippen molar-refractivity contribution >= 4 is 29.5 Å². The van der Waals surface area contributed by atoms with Crippen LogP contribution in [0, 0.1) is 5.92 Å². The van der Waals surface area contributed by atoms with Gasteiger partial charge in [-0.15, -0.1) is 0 Å². The Morgan fingerprint density at radius 3 is 2.87 bits per heavy atom. The molecular weight excluding hydrogens is 292 g/mol. The average Bonchev–Trinajstić information content (AvgIpc) is 2.82. The molecule has 6 heteroatoms. The number of carbonyl (C=O) groups excluding carboxylic acids is 2. The topological polar surface area (TPSA) is 76.0 Å². The monoisotopic (exact) mass is 310 g/mol. The largest absolute Gasteiger partial charge is 0.310 e. The Bertz CT molecular complexity index is 777. The number of carbonyl (C=O) groups is 2. The third kappa shape index (κ3) is 3.15. The fourth-order valence-electron chi connectivity index (χ4n) is 2.55. The van der Waals surface area contributed by atoms with Gasteiger partial charge < -0.3 is 10.6 Å². The quantitative estimate of drug-likeness (QED) is 0.853. The predicted octanol–water partition coefficient (Wildman–Crippen LogP) is 2.20. The lowest BCUT2D eigenvalue weighted by Crippen LogP contribution is -2.28. The molecule has 1 aromatic carbocycles. The molecular formula is C17H18N4O2. The second-order valence-corrected chi connectivity index (χ2v) is 5.63. The number of nitrogens with zero attached hydrogens (tertiary/aromatic N) is 2. The van der Waals surface area contributed by atoms with Gasteiger partial charge in [-0.1, -0.05) is 37.3 Å². The Balaban J connectivity index is 1.76. The fraction of sp³-hybridized carbons (Fsp3) is 0.235. The summed E-state index contributed by atoms with van der Waals surface area (Å²) in [7, 11) is 1.74. The number of fused-ring (bicyclic) bond motifs is 1. The lowest BCUT2D eigenvalue weighted by atomic mass is 9.98. The molecule has 0 saturated heterocycles. The summed E-state index contributed by atoms with van der Waals surface area (Å²) < 4.78 is 1.58. The summed E-state index contributed by atoms with van der Waals surface area (Å²) >= 11 is 0. The first-order valence-electron chi connectivity index (χ1n) is 7.45. The second kappa shape index (κ2) is 6.08. The zero-order valence-corrected chi connectivity index (χ0v) is 13.0. The van der Waals surface area contributed by atoms with Crippen molar-refractivity contribution in [1.82, 2.24) is 9.78 Å². The average molecular weight is 310 g/mol. The first-order valence-corrected chi connectivity index (χ1v) is 7.45. The van der Waals surface area contributed by atoms with Crippen molar-refractivity contribution in [2.24, 2.45) is 13.0 Å². The van der Waals surface area contributed by atoms with E-state index in [0.29, 0.717) is 18.1 Å². The number of aryl methyl sites for hydroxylation is 1. The lowest BCUT2D eigenvalue weighted by Gasteiger charge is -2.19. The number of hydrogen-bond acceptors (Lipinski definition) is 3. The van der Waals surface area contributed by atoms with Crippen LogP contribution in [0.4, 0.5) is 11.6 Å². The molecule has 0 aliphatic carbocycles. The van der Waals surface area contributed by atoms with Crippen LogP contribution in [0.3, 0.4) is 0 Å². The molecule has 0 bridgehead atoms. The zero-order chi connectivity index (χ0) is 16.4. The van der Waals surface area contributed by atoms with Gasteiger partial charge in [0.05, 0.1) is 0 Å². The summed E-state index contributed by atoms with van der Waals surface area (Å²) in [4.78, 5) is 23.8. The molecule has 118 valence electrons. The van der Waals surface area contributed by atoms with E-state index >= 15 is 0 Å². The Morgan fingerprint density at radius 2 is 2.13 bits per heavy atom. The van der Waals surface area contributed by atoms with Gasteiger partial charge in [0.1, 0.15) is 5.82 Å². The number of amides is 2. The van der Waals surface area contributed by atoms with Crippen LogP contribution in [0.15, 0.2) is 36.4 Å². The van der Waals surface area contributed by atoms with Crippen LogP contribution < -0.4 is 10.6 Å². The van der Waals surface area contributed by atoms with Gasteiger partial charge in [0.25, 0.3) is 0 Å². The first kappa shape index (κ1) is 15.0. The highest BCUT2D eigenvalue weighted by Crippen LogP contribution is 2.30. The molecule has 0 saturated carbocycles. The van der Waals surface area contributed by atoms with Crippen molar-refractivity contribution in [3.05, 3.63) is 47.5 Å². The highest BCUT2D eigenvalue weighted by Gasteiger charge is 2.28. The van der Waals surface area contributed by atoms with E-state index in [9.17, 15) is 9.59 Å². The van der Waals surface area contributed by atoms with Gasteiger partial charge in [0, 0.05) is 24.6 Å². The number of nitrogens with one attached hydrogen (secondary N) is 2. The molecule has 2 heterocycles. The Hall–Kier alpha value is -2.89. The maximum absolute atomic E-state index is 12.1. The zero-order valence-electron chi connectivity index (χ0n) is 13.0. The van der Waals surface area contributed by atoms with Crippen molar-refractivity contribution in [2.75, 3.05) is 10.6 Å². The van der Waals surface area contributed by atoms with Crippen LogP contribution >= 0.6 is 0 Å². The van der Waals surface area contributed by atoms with Crippen molar-refractivity contribution in [2.45, 2.75) is 13.3 Å². The maximum atomic E-state index is 12.1. The van der Waals surface area contributed by atoms with E-state index in [1.54, 1.807) is 17.8 Å². The summed E-state index contributed by atoms with van der Waals surface area (Å²) in [6.07, 6.45) is 3.78. The van der Waals surface area contributed by atoms with Gasteiger partial charge in [-0.05, 0) is 18.1 Å². The molecule has 0 fully saturated rings. The molecule has 2 N–H and O–H groups in total. The SMILES string of the molecule is CC1Cc2c(NC(=O)C=Cc3ccccc3)nn(C)c2NC1=O. The van der Waals surface area contributed by atoms with Gasteiger partial charge in [-0.25, -0.2) is 0 Å². The third-order valence-electron chi connectivity index (χ3n) is 3.81. The summed E-state index contributed by atoms with van der Waals surface area (Å²) in [5, 5.41) is 9.90. The normalized spacial score (nSPS) is 17.0. The number of anilines is 2.